The summed E-state index contributed by atoms with van der Waals surface area (Å²) in [6, 6.07) is 8.63. The highest BCUT2D eigenvalue weighted by atomic mass is 19.1. The molecule has 2 heterocycles. The van der Waals surface area contributed by atoms with Gasteiger partial charge in [-0.15, -0.1) is 0 Å². The predicted molar refractivity (Wildman–Crippen MR) is 113 cm³/mol. The number of aryl methyl sites for hydroxylation is 2. The molecule has 0 spiro atoms. The Morgan fingerprint density at radius 2 is 1.94 bits per heavy atom. The molecule has 164 valence electrons. The molecular formula is C22H18FN3O6. The summed E-state index contributed by atoms with van der Waals surface area (Å²) in [5, 5.41) is 13.3. The van der Waals surface area contributed by atoms with Crippen LogP contribution in [0.1, 0.15) is 11.3 Å². The Kier molecular flexibility index (Phi) is 5.13. The normalized spacial score (nSPS) is 11.1. The van der Waals surface area contributed by atoms with Gasteiger partial charge in [0.25, 0.3) is 5.56 Å². The van der Waals surface area contributed by atoms with Crippen molar-refractivity contribution < 1.29 is 23.6 Å². The number of aliphatic carboxylic acids is 1. The number of carboxylic acid groups (broad SMARTS) is 1. The van der Waals surface area contributed by atoms with E-state index in [1.807, 2.05) is 6.92 Å². The third-order valence-electron chi connectivity index (χ3n) is 5.08. The number of ether oxygens (including phenoxy) is 1. The third-order valence-corrected chi connectivity index (χ3v) is 5.08. The van der Waals surface area contributed by atoms with E-state index in [1.165, 1.54) is 23.7 Å². The van der Waals surface area contributed by atoms with Crippen LogP contribution in [0.4, 0.5) is 4.39 Å². The molecular weight excluding hydrogens is 421 g/mol. The standard InChI is InChI=1S/C22H18FN3O6/c1-11-4-5-17(31-10-20(28)29)13(6-11)21-14-8-16(15(23)9-18(14)32-24-21)26-19(27)7-12(2)25(3)22(26)30/h4-9H,10H2,1-3H3,(H,28,29). The molecule has 0 fully saturated rings. The van der Waals surface area contributed by atoms with E-state index in [-0.39, 0.29) is 22.7 Å². The fourth-order valence-electron chi connectivity index (χ4n) is 3.36. The van der Waals surface area contributed by atoms with Gasteiger partial charge in [0.15, 0.2) is 18.0 Å². The zero-order valence-corrected chi connectivity index (χ0v) is 17.4. The minimum Gasteiger partial charge on any atom is -0.481 e. The van der Waals surface area contributed by atoms with Crippen molar-refractivity contribution in [2.45, 2.75) is 13.8 Å². The summed E-state index contributed by atoms with van der Waals surface area (Å²) in [7, 11) is 1.48. The smallest absolute Gasteiger partial charge is 0.341 e. The molecule has 1 N–H and O–H groups in total. The van der Waals surface area contributed by atoms with Gasteiger partial charge in [0.05, 0.1) is 11.1 Å². The van der Waals surface area contributed by atoms with Crippen LogP contribution in [-0.2, 0) is 11.8 Å². The third kappa shape index (κ3) is 3.55. The van der Waals surface area contributed by atoms with Gasteiger partial charge in [-0.3, -0.25) is 4.79 Å². The van der Waals surface area contributed by atoms with Crippen molar-refractivity contribution in [2.24, 2.45) is 7.05 Å². The molecule has 0 aliphatic carbocycles. The van der Waals surface area contributed by atoms with Gasteiger partial charge in [-0.05, 0) is 32.0 Å². The van der Waals surface area contributed by atoms with Gasteiger partial charge in [0.2, 0.25) is 0 Å². The molecule has 0 atom stereocenters. The van der Waals surface area contributed by atoms with Gasteiger partial charge in [0, 0.05) is 30.4 Å². The molecule has 4 aromatic rings. The molecule has 4 rings (SSSR count). The highest BCUT2D eigenvalue weighted by molar-refractivity contribution is 5.94. The first-order valence-electron chi connectivity index (χ1n) is 9.52. The van der Waals surface area contributed by atoms with E-state index in [0.717, 1.165) is 16.2 Å². The highest BCUT2D eigenvalue weighted by Crippen LogP contribution is 2.36. The second-order valence-electron chi connectivity index (χ2n) is 7.31. The molecule has 0 aliphatic heterocycles. The first-order chi connectivity index (χ1) is 15.2. The Bertz CT molecular complexity index is 1500. The Hall–Kier alpha value is -4.21. The largest absolute Gasteiger partial charge is 0.481 e. The van der Waals surface area contributed by atoms with E-state index in [2.05, 4.69) is 5.16 Å². The van der Waals surface area contributed by atoms with E-state index >= 15 is 0 Å². The Morgan fingerprint density at radius 1 is 1.19 bits per heavy atom. The van der Waals surface area contributed by atoms with Crippen LogP contribution in [-0.4, -0.2) is 32.0 Å². The molecule has 0 aliphatic rings. The van der Waals surface area contributed by atoms with Gasteiger partial charge < -0.3 is 18.9 Å². The molecule has 0 radical (unpaired) electrons. The van der Waals surface area contributed by atoms with Crippen LogP contribution in [0.25, 0.3) is 27.9 Å². The van der Waals surface area contributed by atoms with Crippen LogP contribution >= 0.6 is 0 Å². The van der Waals surface area contributed by atoms with Crippen molar-refractivity contribution in [3.05, 3.63) is 74.3 Å². The van der Waals surface area contributed by atoms with Gasteiger partial charge in [0.1, 0.15) is 11.4 Å². The lowest BCUT2D eigenvalue weighted by molar-refractivity contribution is -0.139. The first kappa shape index (κ1) is 21.0. The van der Waals surface area contributed by atoms with E-state index < -0.39 is 29.6 Å². The lowest BCUT2D eigenvalue weighted by atomic mass is 10.0. The number of halogens is 1. The van der Waals surface area contributed by atoms with Crippen molar-refractivity contribution in [1.82, 2.24) is 14.3 Å². The number of fused-ring (bicyclic) bond motifs is 1. The van der Waals surface area contributed by atoms with E-state index in [0.29, 0.717) is 16.6 Å². The lowest BCUT2D eigenvalue weighted by Gasteiger charge is -2.11. The Balaban J connectivity index is 1.97. The molecule has 2 aromatic carbocycles. The fourth-order valence-corrected chi connectivity index (χ4v) is 3.36. The summed E-state index contributed by atoms with van der Waals surface area (Å²) >= 11 is 0. The topological polar surface area (TPSA) is 117 Å². The average Bonchev–Trinajstić information content (AvgIpc) is 3.13. The number of hydrogen-bond donors (Lipinski definition) is 1. The molecule has 10 heteroatoms. The van der Waals surface area contributed by atoms with Gasteiger partial charge in [-0.25, -0.2) is 18.5 Å². The van der Waals surface area contributed by atoms with Gasteiger partial charge >= 0.3 is 11.7 Å². The van der Waals surface area contributed by atoms with Crippen molar-refractivity contribution in [3.8, 4) is 22.7 Å². The molecule has 9 nitrogen and oxygen atoms in total. The monoisotopic (exact) mass is 439 g/mol. The molecule has 0 saturated heterocycles. The predicted octanol–water partition coefficient (Wildman–Crippen LogP) is 2.56. The van der Waals surface area contributed by atoms with E-state index in [4.69, 9.17) is 14.4 Å². The molecule has 0 amide bonds. The van der Waals surface area contributed by atoms with Crippen molar-refractivity contribution >= 4 is 16.9 Å². The van der Waals surface area contributed by atoms with Crippen LogP contribution in [0.5, 0.6) is 5.75 Å². The maximum atomic E-state index is 14.9. The first-order valence-corrected chi connectivity index (χ1v) is 9.52. The second kappa shape index (κ2) is 7.80. The Morgan fingerprint density at radius 3 is 2.66 bits per heavy atom. The zero-order chi connectivity index (χ0) is 23.2. The minimum atomic E-state index is -1.15. The maximum absolute atomic E-state index is 14.9. The molecule has 0 unspecified atom stereocenters. The summed E-state index contributed by atoms with van der Waals surface area (Å²) in [5.74, 6) is -1.75. The number of benzene rings is 2. The molecule has 0 saturated carbocycles. The van der Waals surface area contributed by atoms with Crippen LogP contribution in [0.2, 0.25) is 0 Å². The number of carboxylic acids is 1. The zero-order valence-electron chi connectivity index (χ0n) is 17.4. The fraction of sp³-hybridized carbons (Fsp3) is 0.182. The van der Waals surface area contributed by atoms with Gasteiger partial charge in [-0.1, -0.05) is 16.8 Å². The highest BCUT2D eigenvalue weighted by Gasteiger charge is 2.21. The van der Waals surface area contributed by atoms with Crippen LogP contribution in [0.15, 0.2) is 50.5 Å². The van der Waals surface area contributed by atoms with Crippen LogP contribution in [0, 0.1) is 19.7 Å². The van der Waals surface area contributed by atoms with Crippen molar-refractivity contribution in [1.29, 1.82) is 0 Å². The van der Waals surface area contributed by atoms with Gasteiger partial charge in [-0.2, -0.15) is 0 Å². The number of nitrogens with zero attached hydrogens (tertiary/aromatic N) is 3. The summed E-state index contributed by atoms with van der Waals surface area (Å²) in [4.78, 5) is 36.1. The summed E-state index contributed by atoms with van der Waals surface area (Å²) in [6.07, 6.45) is 0. The number of hydrogen-bond acceptors (Lipinski definition) is 6. The summed E-state index contributed by atoms with van der Waals surface area (Å²) in [5.41, 5.74) is 0.398. The molecule has 2 aromatic heterocycles. The van der Waals surface area contributed by atoms with Crippen molar-refractivity contribution in [3.63, 3.8) is 0 Å². The lowest BCUT2D eigenvalue weighted by Crippen LogP contribution is -2.38. The van der Waals surface area contributed by atoms with Crippen LogP contribution in [0.3, 0.4) is 0 Å². The summed E-state index contributed by atoms with van der Waals surface area (Å²) < 4.78 is 27.5. The van der Waals surface area contributed by atoms with Crippen molar-refractivity contribution in [2.75, 3.05) is 6.61 Å². The number of rotatable bonds is 5. The Labute approximate surface area is 179 Å². The number of carbonyl (C=O) groups is 1. The van der Waals surface area contributed by atoms with E-state index in [1.54, 1.807) is 25.1 Å². The number of aromatic nitrogens is 3. The molecule has 32 heavy (non-hydrogen) atoms. The maximum Gasteiger partial charge on any atom is 0.341 e. The second-order valence-corrected chi connectivity index (χ2v) is 7.31. The van der Waals surface area contributed by atoms with Crippen LogP contribution < -0.4 is 16.0 Å². The molecule has 0 bridgehead atoms. The van der Waals surface area contributed by atoms with E-state index in [9.17, 15) is 18.8 Å². The average molecular weight is 439 g/mol. The summed E-state index contributed by atoms with van der Waals surface area (Å²) in [6.45, 7) is 2.86. The minimum absolute atomic E-state index is 0.0870. The quantitative estimate of drug-likeness (QED) is 0.508. The SMILES string of the molecule is Cc1ccc(OCC(=O)O)c(-c2noc3cc(F)c(-n4c(=O)cc(C)n(C)c4=O)cc23)c1.